The molecule has 1 saturated heterocycles. The number of hydrogen-bond donors (Lipinski definition) is 0. The number of nitrogens with zero attached hydrogens (tertiary/aromatic N) is 5. The second-order valence-corrected chi connectivity index (χ2v) is 8.58. The summed E-state index contributed by atoms with van der Waals surface area (Å²) in [6.45, 7) is 3.77. The van der Waals surface area contributed by atoms with Gasteiger partial charge in [0.2, 0.25) is 0 Å². The van der Waals surface area contributed by atoms with Crippen LogP contribution in [0.5, 0.6) is 0 Å². The van der Waals surface area contributed by atoms with Crippen LogP contribution in [0.1, 0.15) is 30.9 Å². The molecule has 0 radical (unpaired) electrons. The van der Waals surface area contributed by atoms with Crippen LogP contribution < -0.4 is 4.90 Å². The minimum absolute atomic E-state index is 0.287. The minimum atomic E-state index is -0.588. The summed E-state index contributed by atoms with van der Waals surface area (Å²) in [7, 11) is 0. The normalized spacial score (nSPS) is 21.6. The third kappa shape index (κ3) is 3.98. The van der Waals surface area contributed by atoms with Crippen molar-refractivity contribution >= 4 is 5.69 Å². The molecule has 2 fully saturated rings. The number of halogens is 2. The van der Waals surface area contributed by atoms with E-state index in [1.807, 2.05) is 35.1 Å². The van der Waals surface area contributed by atoms with Crippen molar-refractivity contribution in [2.24, 2.45) is 0 Å². The van der Waals surface area contributed by atoms with Gasteiger partial charge >= 0.3 is 0 Å². The van der Waals surface area contributed by atoms with Crippen molar-refractivity contribution in [2.45, 2.75) is 31.3 Å². The lowest BCUT2D eigenvalue weighted by atomic mass is 10.1. The quantitative estimate of drug-likeness (QED) is 0.603. The molecular formula is C25H25F2N5. The van der Waals surface area contributed by atoms with Crippen LogP contribution in [0.4, 0.5) is 14.5 Å². The molecule has 0 spiro atoms. The second-order valence-electron chi connectivity index (χ2n) is 8.58. The van der Waals surface area contributed by atoms with E-state index in [1.165, 1.54) is 12.1 Å². The zero-order valence-corrected chi connectivity index (χ0v) is 17.8. The van der Waals surface area contributed by atoms with Gasteiger partial charge < -0.3 is 4.90 Å². The molecule has 32 heavy (non-hydrogen) atoms. The molecule has 2 aliphatic rings. The van der Waals surface area contributed by atoms with E-state index in [2.05, 4.69) is 21.0 Å². The van der Waals surface area contributed by atoms with E-state index in [9.17, 15) is 14.0 Å². The Hall–Kier alpha value is -3.24. The van der Waals surface area contributed by atoms with E-state index in [1.54, 1.807) is 6.07 Å². The molecule has 164 valence electrons. The third-order valence-corrected chi connectivity index (χ3v) is 6.76. The van der Waals surface area contributed by atoms with Crippen molar-refractivity contribution < 1.29 is 8.78 Å². The zero-order valence-electron chi connectivity index (χ0n) is 17.8. The van der Waals surface area contributed by atoms with Gasteiger partial charge in [-0.3, -0.25) is 9.58 Å². The van der Waals surface area contributed by atoms with Crippen LogP contribution in [-0.4, -0.2) is 46.9 Å². The molecule has 0 bridgehead atoms. The minimum Gasteiger partial charge on any atom is -0.368 e. The van der Waals surface area contributed by atoms with Gasteiger partial charge in [-0.2, -0.15) is 10.4 Å². The molecule has 1 saturated carbocycles. The van der Waals surface area contributed by atoms with E-state index >= 15 is 0 Å². The Morgan fingerprint density at radius 3 is 2.50 bits per heavy atom. The standard InChI is InChI=1S/C25H25F2N5/c26-19-5-8-22(23(27)15-19)24-9-10-32(29-24)21-7-6-20(16-21)30-11-13-31(14-12-30)25-4-2-1-3-18(25)17-28/h1-5,8-10,15,20-21H,6-7,11-14,16H2. The summed E-state index contributed by atoms with van der Waals surface area (Å²) in [6.07, 6.45) is 5.07. The molecule has 3 aromatic rings. The molecule has 5 nitrogen and oxygen atoms in total. The van der Waals surface area contributed by atoms with E-state index < -0.39 is 11.6 Å². The number of para-hydroxylation sites is 1. The van der Waals surface area contributed by atoms with Crippen LogP contribution in [0, 0.1) is 23.0 Å². The van der Waals surface area contributed by atoms with E-state index in [4.69, 9.17) is 0 Å². The van der Waals surface area contributed by atoms with Gasteiger partial charge in [0.1, 0.15) is 17.7 Å². The topological polar surface area (TPSA) is 48.1 Å². The highest BCUT2D eigenvalue weighted by molar-refractivity contribution is 5.60. The maximum atomic E-state index is 14.1. The van der Waals surface area contributed by atoms with Crippen LogP contribution >= 0.6 is 0 Å². The first kappa shape index (κ1) is 20.7. The molecule has 2 heterocycles. The lowest BCUT2D eigenvalue weighted by Crippen LogP contribution is -2.50. The fourth-order valence-corrected chi connectivity index (χ4v) is 5.06. The van der Waals surface area contributed by atoms with Crippen LogP contribution in [0.3, 0.4) is 0 Å². The van der Waals surface area contributed by atoms with Crippen LogP contribution in [0.25, 0.3) is 11.3 Å². The van der Waals surface area contributed by atoms with Crippen molar-refractivity contribution in [3.8, 4) is 17.3 Å². The first-order chi connectivity index (χ1) is 15.6. The number of anilines is 1. The highest BCUT2D eigenvalue weighted by atomic mass is 19.1. The predicted octanol–water partition coefficient (Wildman–Crippen LogP) is 4.62. The fraction of sp³-hybridized carbons (Fsp3) is 0.360. The Bertz CT molecular complexity index is 1140. The Morgan fingerprint density at radius 2 is 1.72 bits per heavy atom. The Labute approximate surface area is 186 Å². The molecule has 2 unspecified atom stereocenters. The van der Waals surface area contributed by atoms with E-state index in [0.29, 0.717) is 17.3 Å². The number of piperazine rings is 1. The van der Waals surface area contributed by atoms with Gasteiger partial charge in [0.25, 0.3) is 0 Å². The number of benzene rings is 2. The molecule has 0 amide bonds. The van der Waals surface area contributed by atoms with Crippen LogP contribution in [-0.2, 0) is 0 Å². The lowest BCUT2D eigenvalue weighted by molar-refractivity contribution is 0.183. The zero-order chi connectivity index (χ0) is 22.1. The summed E-state index contributed by atoms with van der Waals surface area (Å²) in [5.74, 6) is -1.17. The summed E-state index contributed by atoms with van der Waals surface area (Å²) >= 11 is 0. The average Bonchev–Trinajstić information content (AvgIpc) is 3.49. The molecule has 7 heteroatoms. The van der Waals surface area contributed by atoms with Gasteiger partial charge in [0.15, 0.2) is 0 Å². The summed E-state index contributed by atoms with van der Waals surface area (Å²) < 4.78 is 29.3. The Kier molecular flexibility index (Phi) is 5.62. The summed E-state index contributed by atoms with van der Waals surface area (Å²) in [6, 6.07) is 16.3. The van der Waals surface area contributed by atoms with Gasteiger partial charge in [-0.05, 0) is 49.6 Å². The summed E-state index contributed by atoms with van der Waals surface area (Å²) in [5, 5.41) is 14.0. The fourth-order valence-electron chi connectivity index (χ4n) is 5.06. The van der Waals surface area contributed by atoms with E-state index in [-0.39, 0.29) is 6.04 Å². The summed E-state index contributed by atoms with van der Waals surface area (Å²) in [4.78, 5) is 4.86. The predicted molar refractivity (Wildman–Crippen MR) is 119 cm³/mol. The number of rotatable bonds is 4. The molecule has 5 rings (SSSR count). The number of nitriles is 1. The average molecular weight is 434 g/mol. The van der Waals surface area contributed by atoms with Crippen molar-refractivity contribution in [3.05, 3.63) is 71.9 Å². The summed E-state index contributed by atoms with van der Waals surface area (Å²) in [5.41, 5.74) is 2.62. The first-order valence-electron chi connectivity index (χ1n) is 11.1. The smallest absolute Gasteiger partial charge is 0.135 e. The van der Waals surface area contributed by atoms with Crippen molar-refractivity contribution in [1.29, 1.82) is 5.26 Å². The van der Waals surface area contributed by atoms with Crippen LogP contribution in [0.15, 0.2) is 54.7 Å². The second kappa shape index (κ2) is 8.71. The van der Waals surface area contributed by atoms with E-state index in [0.717, 1.165) is 62.8 Å². The maximum absolute atomic E-state index is 14.1. The number of aromatic nitrogens is 2. The van der Waals surface area contributed by atoms with Crippen molar-refractivity contribution in [3.63, 3.8) is 0 Å². The number of hydrogen-bond acceptors (Lipinski definition) is 4. The Balaban J connectivity index is 1.21. The van der Waals surface area contributed by atoms with Gasteiger partial charge in [-0.15, -0.1) is 0 Å². The largest absolute Gasteiger partial charge is 0.368 e. The highest BCUT2D eigenvalue weighted by Gasteiger charge is 2.32. The van der Waals surface area contributed by atoms with Gasteiger partial charge in [0, 0.05) is 50.0 Å². The highest BCUT2D eigenvalue weighted by Crippen LogP contribution is 2.34. The molecule has 1 aromatic heterocycles. The molecule has 1 aliphatic heterocycles. The van der Waals surface area contributed by atoms with Crippen LogP contribution in [0.2, 0.25) is 0 Å². The van der Waals surface area contributed by atoms with Gasteiger partial charge in [0.05, 0.1) is 23.0 Å². The monoisotopic (exact) mass is 433 g/mol. The third-order valence-electron chi connectivity index (χ3n) is 6.76. The molecule has 2 atom stereocenters. The first-order valence-corrected chi connectivity index (χ1v) is 11.1. The molecular weight excluding hydrogens is 408 g/mol. The molecule has 0 N–H and O–H groups in total. The maximum Gasteiger partial charge on any atom is 0.135 e. The SMILES string of the molecule is N#Cc1ccccc1N1CCN(C2CCC(n3ccc(-c4ccc(F)cc4F)n3)C2)CC1. The Morgan fingerprint density at radius 1 is 0.938 bits per heavy atom. The van der Waals surface area contributed by atoms with Crippen molar-refractivity contribution in [1.82, 2.24) is 14.7 Å². The molecule has 1 aliphatic carbocycles. The van der Waals surface area contributed by atoms with Gasteiger partial charge in [-0.1, -0.05) is 12.1 Å². The van der Waals surface area contributed by atoms with Crippen molar-refractivity contribution in [2.75, 3.05) is 31.1 Å². The molecule has 2 aromatic carbocycles. The van der Waals surface area contributed by atoms with Gasteiger partial charge in [-0.25, -0.2) is 8.78 Å². The lowest BCUT2D eigenvalue weighted by Gasteiger charge is -2.39.